The van der Waals surface area contributed by atoms with Crippen molar-refractivity contribution in [2.24, 2.45) is 5.92 Å². The lowest BCUT2D eigenvalue weighted by molar-refractivity contribution is 0.0371. The van der Waals surface area contributed by atoms with Gasteiger partial charge in [0.15, 0.2) is 0 Å². The number of hydrogen-bond acceptors (Lipinski definition) is 4. The van der Waals surface area contributed by atoms with E-state index < -0.39 is 0 Å². The molecule has 1 saturated heterocycles. The van der Waals surface area contributed by atoms with Crippen LogP contribution in [0.15, 0.2) is 24.3 Å². The lowest BCUT2D eigenvalue weighted by atomic mass is 9.97. The normalized spacial score (nSPS) is 16.2. The van der Waals surface area contributed by atoms with Crippen molar-refractivity contribution < 1.29 is 14.3 Å². The van der Waals surface area contributed by atoms with Crippen LogP contribution in [0.3, 0.4) is 0 Å². The number of rotatable bonds is 7. The van der Waals surface area contributed by atoms with Crippen molar-refractivity contribution >= 4 is 16.9 Å². The Morgan fingerprint density at radius 2 is 2.04 bits per heavy atom. The van der Waals surface area contributed by atoms with Gasteiger partial charge in [0.2, 0.25) is 5.88 Å². The van der Waals surface area contributed by atoms with E-state index in [1.807, 2.05) is 24.3 Å². The molecule has 0 unspecified atom stereocenters. The number of nitrogens with zero attached hydrogens (tertiary/aromatic N) is 1. The standard InChI is InChI=1S/C20H28N2O3/c1-3-4-11-22-12-9-15(10-13-22)14-25-20(23)18-16-7-5-6-8-17(16)21-19(18)24-2/h5-8,15,21H,3-4,9-14H2,1-2H3. The Morgan fingerprint density at radius 1 is 1.28 bits per heavy atom. The van der Waals surface area contributed by atoms with Gasteiger partial charge >= 0.3 is 5.97 Å². The van der Waals surface area contributed by atoms with Crippen LogP contribution in [0.2, 0.25) is 0 Å². The molecule has 0 saturated carbocycles. The van der Waals surface area contributed by atoms with E-state index in [0.717, 1.165) is 36.8 Å². The number of aromatic nitrogens is 1. The third-order valence-corrected chi connectivity index (χ3v) is 5.07. The van der Waals surface area contributed by atoms with Gasteiger partial charge in [-0.25, -0.2) is 4.79 Å². The summed E-state index contributed by atoms with van der Waals surface area (Å²) in [5.74, 6) is 0.626. The average Bonchev–Trinajstić information content (AvgIpc) is 3.04. The van der Waals surface area contributed by atoms with Crippen molar-refractivity contribution in [2.75, 3.05) is 33.4 Å². The number of fused-ring (bicyclic) bond motifs is 1. The van der Waals surface area contributed by atoms with Crippen molar-refractivity contribution in [2.45, 2.75) is 32.6 Å². The Morgan fingerprint density at radius 3 is 2.76 bits per heavy atom. The quantitative estimate of drug-likeness (QED) is 0.775. The summed E-state index contributed by atoms with van der Waals surface area (Å²) in [4.78, 5) is 18.3. The summed E-state index contributed by atoms with van der Waals surface area (Å²) < 4.78 is 11.0. The van der Waals surface area contributed by atoms with Crippen LogP contribution in [-0.4, -0.2) is 49.2 Å². The molecule has 0 amide bonds. The number of esters is 1. The molecule has 1 aromatic heterocycles. The molecule has 1 N–H and O–H groups in total. The van der Waals surface area contributed by atoms with Gasteiger partial charge in [-0.15, -0.1) is 0 Å². The molecular weight excluding hydrogens is 316 g/mol. The second-order valence-electron chi connectivity index (χ2n) is 6.82. The fraction of sp³-hybridized carbons (Fsp3) is 0.550. The zero-order valence-electron chi connectivity index (χ0n) is 15.2. The summed E-state index contributed by atoms with van der Waals surface area (Å²) in [6, 6.07) is 7.69. The number of likely N-dealkylation sites (tertiary alicyclic amines) is 1. The largest absolute Gasteiger partial charge is 0.482 e. The van der Waals surface area contributed by atoms with Gasteiger partial charge in [0.1, 0.15) is 5.56 Å². The van der Waals surface area contributed by atoms with E-state index in [1.165, 1.54) is 19.4 Å². The molecular formula is C20H28N2O3. The van der Waals surface area contributed by atoms with Crippen molar-refractivity contribution in [1.29, 1.82) is 0 Å². The number of aromatic amines is 1. The summed E-state index contributed by atoms with van der Waals surface area (Å²) in [6.45, 7) is 6.13. The van der Waals surface area contributed by atoms with Crippen molar-refractivity contribution in [3.63, 3.8) is 0 Å². The number of piperidine rings is 1. The maximum Gasteiger partial charge on any atom is 0.344 e. The molecule has 0 bridgehead atoms. The first kappa shape index (κ1) is 17.8. The highest BCUT2D eigenvalue weighted by molar-refractivity contribution is 6.06. The van der Waals surface area contributed by atoms with Gasteiger partial charge in [-0.05, 0) is 50.9 Å². The fourth-order valence-electron chi connectivity index (χ4n) is 3.50. The monoisotopic (exact) mass is 344 g/mol. The van der Waals surface area contributed by atoms with Gasteiger partial charge in [0.05, 0.1) is 13.7 Å². The highest BCUT2D eigenvalue weighted by Gasteiger charge is 2.24. The maximum absolute atomic E-state index is 12.6. The first-order chi connectivity index (χ1) is 12.2. The lowest BCUT2D eigenvalue weighted by Gasteiger charge is -2.31. The highest BCUT2D eigenvalue weighted by atomic mass is 16.5. The summed E-state index contributed by atoms with van der Waals surface area (Å²) in [7, 11) is 1.56. The fourth-order valence-corrected chi connectivity index (χ4v) is 3.50. The number of nitrogens with one attached hydrogen (secondary N) is 1. The van der Waals surface area contributed by atoms with E-state index >= 15 is 0 Å². The van der Waals surface area contributed by atoms with Crippen molar-refractivity contribution in [3.05, 3.63) is 29.8 Å². The summed E-state index contributed by atoms with van der Waals surface area (Å²) in [6.07, 6.45) is 4.70. The minimum Gasteiger partial charge on any atom is -0.482 e. The summed E-state index contributed by atoms with van der Waals surface area (Å²) >= 11 is 0. The average molecular weight is 344 g/mol. The van der Waals surface area contributed by atoms with Crippen LogP contribution in [-0.2, 0) is 4.74 Å². The zero-order chi connectivity index (χ0) is 17.6. The van der Waals surface area contributed by atoms with Gasteiger partial charge in [-0.3, -0.25) is 0 Å². The van der Waals surface area contributed by atoms with E-state index in [-0.39, 0.29) is 5.97 Å². The van der Waals surface area contributed by atoms with E-state index in [4.69, 9.17) is 9.47 Å². The molecule has 0 radical (unpaired) electrons. The lowest BCUT2D eigenvalue weighted by Crippen LogP contribution is -2.36. The van der Waals surface area contributed by atoms with Crippen LogP contribution in [0.1, 0.15) is 43.0 Å². The molecule has 1 aliphatic heterocycles. The molecule has 1 aromatic carbocycles. The number of methoxy groups -OCH3 is 1. The second kappa shape index (κ2) is 8.39. The first-order valence-corrected chi connectivity index (χ1v) is 9.27. The Balaban J connectivity index is 1.57. The Hall–Kier alpha value is -2.01. The molecule has 3 rings (SSSR count). The van der Waals surface area contributed by atoms with Gasteiger partial charge in [0.25, 0.3) is 0 Å². The van der Waals surface area contributed by atoms with Gasteiger partial charge < -0.3 is 19.4 Å². The van der Waals surface area contributed by atoms with Gasteiger partial charge in [-0.2, -0.15) is 0 Å². The Kier molecular flexibility index (Phi) is 5.97. The molecule has 5 heteroatoms. The van der Waals surface area contributed by atoms with Crippen LogP contribution in [0.5, 0.6) is 5.88 Å². The molecule has 5 nitrogen and oxygen atoms in total. The van der Waals surface area contributed by atoms with Crippen molar-refractivity contribution in [3.8, 4) is 5.88 Å². The number of benzene rings is 1. The zero-order valence-corrected chi connectivity index (χ0v) is 15.2. The topological polar surface area (TPSA) is 54.6 Å². The highest BCUT2D eigenvalue weighted by Crippen LogP contribution is 2.29. The number of ether oxygens (including phenoxy) is 2. The first-order valence-electron chi connectivity index (χ1n) is 9.27. The molecule has 1 aliphatic rings. The van der Waals surface area contributed by atoms with Crippen LogP contribution in [0, 0.1) is 5.92 Å². The predicted octanol–water partition coefficient (Wildman–Crippen LogP) is 3.85. The smallest absolute Gasteiger partial charge is 0.344 e. The van der Waals surface area contributed by atoms with Crippen LogP contribution in [0.4, 0.5) is 0 Å². The number of para-hydroxylation sites is 1. The number of hydrogen-bond donors (Lipinski definition) is 1. The Labute approximate surface area is 149 Å². The van der Waals surface area contributed by atoms with E-state index in [9.17, 15) is 4.79 Å². The number of carbonyl (C=O) groups excluding carboxylic acids is 1. The molecule has 25 heavy (non-hydrogen) atoms. The number of carbonyl (C=O) groups is 1. The molecule has 2 heterocycles. The number of H-pyrrole nitrogens is 1. The van der Waals surface area contributed by atoms with Gasteiger partial charge in [0, 0.05) is 10.9 Å². The third-order valence-electron chi connectivity index (χ3n) is 5.07. The van der Waals surface area contributed by atoms with E-state index in [2.05, 4.69) is 16.8 Å². The minimum absolute atomic E-state index is 0.303. The molecule has 0 aliphatic carbocycles. The number of unbranched alkanes of at least 4 members (excludes halogenated alkanes) is 1. The second-order valence-corrected chi connectivity index (χ2v) is 6.82. The summed E-state index contributed by atoms with van der Waals surface area (Å²) in [5.41, 5.74) is 1.38. The SMILES string of the molecule is CCCCN1CCC(COC(=O)c2c(OC)[nH]c3ccccc23)CC1. The van der Waals surface area contributed by atoms with E-state index in [1.54, 1.807) is 7.11 Å². The molecule has 136 valence electrons. The van der Waals surface area contributed by atoms with Crippen LogP contribution in [0.25, 0.3) is 10.9 Å². The third kappa shape index (κ3) is 4.15. The van der Waals surface area contributed by atoms with Crippen LogP contribution < -0.4 is 4.74 Å². The molecule has 0 atom stereocenters. The molecule has 0 spiro atoms. The molecule has 1 fully saturated rings. The Bertz CT molecular complexity index is 702. The van der Waals surface area contributed by atoms with Crippen LogP contribution >= 0.6 is 0 Å². The van der Waals surface area contributed by atoms with Crippen molar-refractivity contribution in [1.82, 2.24) is 9.88 Å². The maximum atomic E-state index is 12.6. The summed E-state index contributed by atoms with van der Waals surface area (Å²) in [5, 5.41) is 0.846. The molecule has 2 aromatic rings. The van der Waals surface area contributed by atoms with E-state index in [0.29, 0.717) is 24.0 Å². The minimum atomic E-state index is -0.303. The van der Waals surface area contributed by atoms with Gasteiger partial charge in [-0.1, -0.05) is 31.5 Å². The predicted molar refractivity (Wildman–Crippen MR) is 99.2 cm³/mol.